The number of hydrogen-bond donors (Lipinski definition) is 0. The number of rotatable bonds is 34. The normalized spacial score (nSPS) is 11.3. The number of fused-ring (bicyclic) bond motifs is 1. The number of carbonyl (C=O) groups excluding carboxylic acids is 2. The summed E-state index contributed by atoms with van der Waals surface area (Å²) in [4.78, 5) is 26.2. The summed E-state index contributed by atoms with van der Waals surface area (Å²) in [5, 5.41) is 1.49. The van der Waals surface area contributed by atoms with Gasteiger partial charge in [-0.1, -0.05) is 218 Å². The zero-order chi connectivity index (χ0) is 35.7. The van der Waals surface area contributed by atoms with E-state index >= 15 is 0 Å². The Balaban J connectivity index is 1.54. The standard InChI is InChI=1S/C46H76O4/c1-3-5-7-9-11-13-15-17-18-19-20-21-22-24-26-28-30-32-40-50-46(48)43-38-34-36-41-35-33-37-42(44(41)43)45(47)49-39-31-29-27-25-23-16-14-12-10-8-6-4-2/h33-38H,3-32,39-40H2,1-2H3. The Morgan fingerprint density at radius 3 is 0.920 bits per heavy atom. The molecule has 0 saturated heterocycles. The number of esters is 2. The van der Waals surface area contributed by atoms with Crippen molar-refractivity contribution in [3.8, 4) is 0 Å². The summed E-state index contributed by atoms with van der Waals surface area (Å²) in [5.74, 6) is -0.716. The summed E-state index contributed by atoms with van der Waals surface area (Å²) in [6.45, 7) is 5.38. The number of carbonyl (C=O) groups is 2. The zero-order valence-corrected chi connectivity index (χ0v) is 32.7. The van der Waals surface area contributed by atoms with Crippen LogP contribution >= 0.6 is 0 Å². The highest BCUT2D eigenvalue weighted by Crippen LogP contribution is 2.25. The summed E-state index contributed by atoms with van der Waals surface area (Å²) in [6, 6.07) is 11.1. The third kappa shape index (κ3) is 21.1. The lowest BCUT2D eigenvalue weighted by Gasteiger charge is -2.12. The Bertz CT molecular complexity index is 1100. The molecule has 0 N–H and O–H groups in total. The van der Waals surface area contributed by atoms with Crippen LogP contribution in [0.15, 0.2) is 36.4 Å². The monoisotopic (exact) mass is 693 g/mol. The van der Waals surface area contributed by atoms with Gasteiger partial charge in [-0.15, -0.1) is 0 Å². The van der Waals surface area contributed by atoms with E-state index in [1.165, 1.54) is 167 Å². The molecule has 0 heterocycles. The maximum absolute atomic E-state index is 13.1. The van der Waals surface area contributed by atoms with Gasteiger partial charge in [0.1, 0.15) is 0 Å². The molecule has 0 radical (unpaired) electrons. The minimum absolute atomic E-state index is 0.358. The molecule has 0 fully saturated rings. The second-order valence-corrected chi connectivity index (χ2v) is 14.9. The molecule has 0 aromatic heterocycles. The van der Waals surface area contributed by atoms with Crippen molar-refractivity contribution < 1.29 is 19.1 Å². The van der Waals surface area contributed by atoms with E-state index in [0.717, 1.165) is 31.1 Å². The van der Waals surface area contributed by atoms with Crippen LogP contribution in [-0.4, -0.2) is 25.2 Å². The van der Waals surface area contributed by atoms with Gasteiger partial charge in [0.15, 0.2) is 0 Å². The smallest absolute Gasteiger partial charge is 0.338 e. The Labute approximate surface area is 308 Å². The van der Waals surface area contributed by atoms with Gasteiger partial charge >= 0.3 is 11.9 Å². The van der Waals surface area contributed by atoms with Crippen molar-refractivity contribution in [3.05, 3.63) is 47.5 Å². The largest absolute Gasteiger partial charge is 0.462 e. The number of unbranched alkanes of at least 4 members (excludes halogenated alkanes) is 28. The van der Waals surface area contributed by atoms with Gasteiger partial charge in [0.05, 0.1) is 24.3 Å². The molecular formula is C46H76O4. The number of hydrogen-bond acceptors (Lipinski definition) is 4. The molecule has 2 aromatic rings. The van der Waals surface area contributed by atoms with E-state index in [1.54, 1.807) is 12.1 Å². The fourth-order valence-electron chi connectivity index (χ4n) is 7.11. The van der Waals surface area contributed by atoms with Crippen molar-refractivity contribution in [2.75, 3.05) is 13.2 Å². The van der Waals surface area contributed by atoms with Crippen LogP contribution in [0.4, 0.5) is 0 Å². The van der Waals surface area contributed by atoms with Gasteiger partial charge in [-0.2, -0.15) is 0 Å². The van der Waals surface area contributed by atoms with E-state index in [-0.39, 0.29) is 11.9 Å². The van der Waals surface area contributed by atoms with Gasteiger partial charge in [0.25, 0.3) is 0 Å². The molecule has 50 heavy (non-hydrogen) atoms. The third-order valence-corrected chi connectivity index (χ3v) is 10.3. The minimum atomic E-state index is -0.359. The van der Waals surface area contributed by atoms with E-state index in [1.807, 2.05) is 24.3 Å². The van der Waals surface area contributed by atoms with Gasteiger partial charge in [-0.05, 0) is 30.4 Å². The van der Waals surface area contributed by atoms with Crippen LogP contribution in [0.3, 0.4) is 0 Å². The molecule has 0 bridgehead atoms. The summed E-state index contributed by atoms with van der Waals surface area (Å²) in [7, 11) is 0. The van der Waals surface area contributed by atoms with Crippen molar-refractivity contribution >= 4 is 22.7 Å². The molecule has 0 atom stereocenters. The average Bonchev–Trinajstić information content (AvgIpc) is 3.13. The number of ether oxygens (including phenoxy) is 2. The van der Waals surface area contributed by atoms with Crippen molar-refractivity contribution in [1.82, 2.24) is 0 Å². The fraction of sp³-hybridized carbons (Fsp3) is 0.739. The van der Waals surface area contributed by atoms with Gasteiger partial charge in [0, 0.05) is 5.39 Å². The first-order valence-electron chi connectivity index (χ1n) is 21.5. The fourth-order valence-corrected chi connectivity index (χ4v) is 7.11. The Morgan fingerprint density at radius 1 is 0.380 bits per heavy atom. The second kappa shape index (κ2) is 31.4. The molecule has 284 valence electrons. The van der Waals surface area contributed by atoms with Gasteiger partial charge < -0.3 is 9.47 Å². The van der Waals surface area contributed by atoms with Crippen LogP contribution in [0.5, 0.6) is 0 Å². The van der Waals surface area contributed by atoms with Crippen molar-refractivity contribution in [2.24, 2.45) is 0 Å². The Morgan fingerprint density at radius 2 is 0.640 bits per heavy atom. The van der Waals surface area contributed by atoms with Crippen LogP contribution < -0.4 is 0 Å². The molecule has 0 saturated carbocycles. The lowest BCUT2D eigenvalue weighted by atomic mass is 9.99. The van der Waals surface area contributed by atoms with Crippen molar-refractivity contribution in [1.29, 1.82) is 0 Å². The second-order valence-electron chi connectivity index (χ2n) is 14.9. The van der Waals surface area contributed by atoms with Crippen LogP contribution in [0.25, 0.3) is 10.8 Å². The first kappa shape index (κ1) is 43.8. The minimum Gasteiger partial charge on any atom is -0.462 e. The highest BCUT2D eigenvalue weighted by Gasteiger charge is 2.19. The third-order valence-electron chi connectivity index (χ3n) is 10.3. The Hall–Kier alpha value is -2.36. The highest BCUT2D eigenvalue weighted by atomic mass is 16.5. The summed E-state index contributed by atoms with van der Waals surface area (Å²) in [6.07, 6.45) is 39.2. The molecule has 0 unspecified atom stereocenters. The average molecular weight is 693 g/mol. The summed E-state index contributed by atoms with van der Waals surface area (Å²) < 4.78 is 11.4. The topological polar surface area (TPSA) is 52.6 Å². The molecule has 0 amide bonds. The molecule has 0 aliphatic heterocycles. The summed E-state index contributed by atoms with van der Waals surface area (Å²) >= 11 is 0. The quantitative estimate of drug-likeness (QED) is 0.0541. The van der Waals surface area contributed by atoms with Gasteiger partial charge in [-0.3, -0.25) is 0 Å². The lowest BCUT2D eigenvalue weighted by molar-refractivity contribution is 0.0498. The molecular weight excluding hydrogens is 617 g/mol. The molecule has 0 spiro atoms. The maximum atomic E-state index is 13.1. The molecule has 2 aromatic carbocycles. The molecule has 0 aliphatic rings. The maximum Gasteiger partial charge on any atom is 0.338 e. The molecule has 0 aliphatic carbocycles. The first-order valence-corrected chi connectivity index (χ1v) is 21.5. The molecule has 2 rings (SSSR count). The number of benzene rings is 2. The Kier molecular flexibility index (Phi) is 27.5. The zero-order valence-electron chi connectivity index (χ0n) is 32.7. The SMILES string of the molecule is CCCCCCCCCCCCCCCCCCCCOC(=O)c1cccc2cccc(C(=O)OCCCCCCCCCCCCCC)c12. The van der Waals surface area contributed by atoms with Crippen molar-refractivity contribution in [2.45, 2.75) is 206 Å². The van der Waals surface area contributed by atoms with Crippen LogP contribution in [-0.2, 0) is 9.47 Å². The highest BCUT2D eigenvalue weighted by molar-refractivity contribution is 6.13. The van der Waals surface area contributed by atoms with E-state index in [0.29, 0.717) is 29.7 Å². The summed E-state index contributed by atoms with van der Waals surface area (Å²) in [5.41, 5.74) is 0.893. The molecule has 4 nitrogen and oxygen atoms in total. The predicted molar refractivity (Wildman–Crippen MR) is 214 cm³/mol. The van der Waals surface area contributed by atoms with E-state index < -0.39 is 0 Å². The lowest BCUT2D eigenvalue weighted by Crippen LogP contribution is -2.11. The van der Waals surface area contributed by atoms with Crippen LogP contribution in [0.2, 0.25) is 0 Å². The van der Waals surface area contributed by atoms with Crippen LogP contribution in [0, 0.1) is 0 Å². The van der Waals surface area contributed by atoms with Gasteiger partial charge in [0.2, 0.25) is 0 Å². The van der Waals surface area contributed by atoms with Gasteiger partial charge in [-0.25, -0.2) is 9.59 Å². The predicted octanol–water partition coefficient (Wildman–Crippen LogP) is 14.9. The molecule has 4 heteroatoms. The van der Waals surface area contributed by atoms with E-state index in [4.69, 9.17) is 9.47 Å². The van der Waals surface area contributed by atoms with Crippen LogP contribution in [0.1, 0.15) is 227 Å². The first-order chi connectivity index (χ1) is 24.7. The van der Waals surface area contributed by atoms with Crippen molar-refractivity contribution in [3.63, 3.8) is 0 Å². The van der Waals surface area contributed by atoms with E-state index in [2.05, 4.69) is 13.8 Å². The van der Waals surface area contributed by atoms with E-state index in [9.17, 15) is 9.59 Å².